The van der Waals surface area contributed by atoms with Crippen molar-refractivity contribution in [1.82, 2.24) is 20.4 Å². The maximum absolute atomic E-state index is 11.6. The molecule has 6 nitrogen and oxygen atoms in total. The molecule has 1 atom stereocenters. The van der Waals surface area contributed by atoms with Gasteiger partial charge in [0.2, 0.25) is 5.91 Å². The fraction of sp³-hybridized carbons (Fsp3) is 0.905. The summed E-state index contributed by atoms with van der Waals surface area (Å²) >= 11 is 0. The topological polar surface area (TPSA) is 60.0 Å². The van der Waals surface area contributed by atoms with Gasteiger partial charge in [-0.25, -0.2) is 0 Å². The second-order valence-corrected chi connectivity index (χ2v) is 8.12. The fourth-order valence-corrected chi connectivity index (χ4v) is 4.74. The molecule has 2 saturated heterocycles. The first kappa shape index (κ1) is 22.0. The van der Waals surface area contributed by atoms with Crippen LogP contribution < -0.4 is 10.6 Å². The van der Waals surface area contributed by atoms with Crippen LogP contribution in [0.3, 0.4) is 0 Å². The van der Waals surface area contributed by atoms with E-state index < -0.39 is 0 Å². The van der Waals surface area contributed by atoms with Crippen LogP contribution in [0, 0.1) is 11.8 Å². The van der Waals surface area contributed by atoms with Gasteiger partial charge < -0.3 is 15.5 Å². The van der Waals surface area contributed by atoms with Gasteiger partial charge in [-0.1, -0.05) is 26.7 Å². The first-order valence-corrected chi connectivity index (χ1v) is 11.0. The average molecular weight is 380 g/mol. The third-order valence-electron chi connectivity index (χ3n) is 6.55. The number of rotatable bonds is 8. The van der Waals surface area contributed by atoms with Crippen molar-refractivity contribution in [3.63, 3.8) is 0 Å². The zero-order valence-corrected chi connectivity index (χ0v) is 18.0. The number of amides is 1. The van der Waals surface area contributed by atoms with E-state index in [-0.39, 0.29) is 5.91 Å². The second-order valence-electron chi connectivity index (χ2n) is 8.12. The molecule has 0 aliphatic carbocycles. The van der Waals surface area contributed by atoms with Gasteiger partial charge in [-0.3, -0.25) is 14.7 Å². The predicted octanol–water partition coefficient (Wildman–Crippen LogP) is 2.31. The summed E-state index contributed by atoms with van der Waals surface area (Å²) in [6, 6.07) is 0.602. The Labute approximate surface area is 166 Å². The van der Waals surface area contributed by atoms with Crippen molar-refractivity contribution in [1.29, 1.82) is 0 Å². The van der Waals surface area contributed by atoms with Crippen molar-refractivity contribution in [2.45, 2.75) is 64.8 Å². The molecule has 0 spiro atoms. The number of aliphatic imine (C=N–C) groups is 1. The first-order valence-electron chi connectivity index (χ1n) is 11.0. The van der Waals surface area contributed by atoms with E-state index >= 15 is 0 Å². The van der Waals surface area contributed by atoms with Gasteiger partial charge in [0.25, 0.3) is 0 Å². The molecule has 0 saturated carbocycles. The summed E-state index contributed by atoms with van der Waals surface area (Å²) in [5, 5.41) is 6.43. The minimum absolute atomic E-state index is 0.162. The smallest absolute Gasteiger partial charge is 0.220 e. The van der Waals surface area contributed by atoms with Gasteiger partial charge in [-0.2, -0.15) is 0 Å². The summed E-state index contributed by atoms with van der Waals surface area (Å²) in [4.78, 5) is 21.2. The molecule has 1 amide bonds. The molecule has 2 aliphatic heterocycles. The normalized spacial score (nSPS) is 20.9. The molecule has 2 aliphatic rings. The molecule has 156 valence electrons. The van der Waals surface area contributed by atoms with Crippen molar-refractivity contribution in [2.24, 2.45) is 16.8 Å². The fourth-order valence-electron chi connectivity index (χ4n) is 4.74. The van der Waals surface area contributed by atoms with Gasteiger partial charge in [0.05, 0.1) is 0 Å². The highest BCUT2D eigenvalue weighted by molar-refractivity contribution is 5.80. The van der Waals surface area contributed by atoms with E-state index in [9.17, 15) is 4.79 Å². The summed E-state index contributed by atoms with van der Waals surface area (Å²) in [5.41, 5.74) is 0. The molecule has 2 heterocycles. The van der Waals surface area contributed by atoms with Crippen LogP contribution in [0.1, 0.15) is 58.8 Å². The molecule has 2 rings (SSSR count). The molecule has 2 N–H and O–H groups in total. The van der Waals surface area contributed by atoms with E-state index in [4.69, 9.17) is 0 Å². The maximum Gasteiger partial charge on any atom is 0.220 e. The SMILES string of the molecule is CCC(CC)C(CNC(=NC)N1CCC(CC(=O)NC)CC1)N1CCCC1. The van der Waals surface area contributed by atoms with Gasteiger partial charge in [-0.05, 0) is 50.6 Å². The van der Waals surface area contributed by atoms with Crippen molar-refractivity contribution in [2.75, 3.05) is 46.8 Å². The largest absolute Gasteiger partial charge is 0.359 e. The summed E-state index contributed by atoms with van der Waals surface area (Å²) in [7, 11) is 3.61. The standard InChI is InChI=1S/C21H41N5O/c1-5-18(6-2)19(25-11-7-8-12-25)16-24-21(23-4)26-13-9-17(10-14-26)15-20(27)22-3/h17-19H,5-16H2,1-4H3,(H,22,27)(H,23,24). The molecule has 0 radical (unpaired) electrons. The second kappa shape index (κ2) is 11.5. The summed E-state index contributed by atoms with van der Waals surface area (Å²) < 4.78 is 0. The lowest BCUT2D eigenvalue weighted by Crippen LogP contribution is -2.52. The molecule has 1 unspecified atom stereocenters. The highest BCUT2D eigenvalue weighted by Gasteiger charge is 2.29. The quantitative estimate of drug-likeness (QED) is 0.502. The third-order valence-corrected chi connectivity index (χ3v) is 6.55. The number of hydrogen-bond donors (Lipinski definition) is 2. The van der Waals surface area contributed by atoms with E-state index in [1.165, 1.54) is 38.8 Å². The summed E-state index contributed by atoms with van der Waals surface area (Å²) in [6.45, 7) is 10.1. The van der Waals surface area contributed by atoms with Crippen LogP contribution in [-0.2, 0) is 4.79 Å². The number of piperidine rings is 1. The van der Waals surface area contributed by atoms with Crippen LogP contribution in [0.15, 0.2) is 4.99 Å². The van der Waals surface area contributed by atoms with E-state index in [0.29, 0.717) is 18.4 Å². The van der Waals surface area contributed by atoms with Crippen molar-refractivity contribution >= 4 is 11.9 Å². The number of likely N-dealkylation sites (tertiary alicyclic amines) is 2. The lowest BCUT2D eigenvalue weighted by Gasteiger charge is -2.37. The van der Waals surface area contributed by atoms with Crippen molar-refractivity contribution < 1.29 is 4.79 Å². The van der Waals surface area contributed by atoms with Crippen LogP contribution in [0.25, 0.3) is 0 Å². The Morgan fingerprint density at radius 1 is 1.11 bits per heavy atom. The Balaban J connectivity index is 1.87. The highest BCUT2D eigenvalue weighted by Crippen LogP contribution is 2.23. The maximum atomic E-state index is 11.6. The monoisotopic (exact) mass is 379 g/mol. The van der Waals surface area contributed by atoms with Gasteiger partial charge in [-0.15, -0.1) is 0 Å². The van der Waals surface area contributed by atoms with Crippen LogP contribution in [0.2, 0.25) is 0 Å². The Morgan fingerprint density at radius 3 is 2.26 bits per heavy atom. The average Bonchev–Trinajstić information content (AvgIpc) is 3.23. The number of nitrogens with one attached hydrogen (secondary N) is 2. The molecular weight excluding hydrogens is 338 g/mol. The van der Waals surface area contributed by atoms with Gasteiger partial charge in [0.15, 0.2) is 5.96 Å². The number of carbonyl (C=O) groups excluding carboxylic acids is 1. The molecule has 2 fully saturated rings. The Bertz CT molecular complexity index is 461. The number of carbonyl (C=O) groups is 1. The minimum atomic E-state index is 0.162. The summed E-state index contributed by atoms with van der Waals surface area (Å²) in [6.07, 6.45) is 7.94. The number of hydrogen-bond acceptors (Lipinski definition) is 3. The number of guanidine groups is 1. The molecule has 6 heteroatoms. The highest BCUT2D eigenvalue weighted by atomic mass is 16.1. The lowest BCUT2D eigenvalue weighted by molar-refractivity contribution is -0.121. The van der Waals surface area contributed by atoms with Gasteiger partial charge in [0, 0.05) is 46.2 Å². The Hall–Kier alpha value is -1.30. The van der Waals surface area contributed by atoms with E-state index in [2.05, 4.69) is 39.3 Å². The van der Waals surface area contributed by atoms with Gasteiger partial charge >= 0.3 is 0 Å². The molecular formula is C21H41N5O. The number of nitrogens with zero attached hydrogens (tertiary/aromatic N) is 3. The summed E-state index contributed by atoms with van der Waals surface area (Å²) in [5.74, 6) is 2.44. The van der Waals surface area contributed by atoms with E-state index in [1.807, 2.05) is 7.05 Å². The first-order chi connectivity index (χ1) is 13.1. The van der Waals surface area contributed by atoms with Crippen LogP contribution in [0.4, 0.5) is 0 Å². The molecule has 27 heavy (non-hydrogen) atoms. The lowest BCUT2D eigenvalue weighted by atomic mass is 9.92. The van der Waals surface area contributed by atoms with Crippen LogP contribution in [-0.4, -0.2) is 74.5 Å². The van der Waals surface area contributed by atoms with Gasteiger partial charge in [0.1, 0.15) is 0 Å². The Morgan fingerprint density at radius 2 is 1.74 bits per heavy atom. The molecule has 0 aromatic heterocycles. The van der Waals surface area contributed by atoms with E-state index in [1.54, 1.807) is 7.05 Å². The molecule has 0 aromatic rings. The van der Waals surface area contributed by atoms with E-state index in [0.717, 1.165) is 44.4 Å². The van der Waals surface area contributed by atoms with Crippen LogP contribution >= 0.6 is 0 Å². The minimum Gasteiger partial charge on any atom is -0.359 e. The molecule has 0 aromatic carbocycles. The predicted molar refractivity (Wildman–Crippen MR) is 113 cm³/mol. The van der Waals surface area contributed by atoms with Crippen molar-refractivity contribution in [3.8, 4) is 0 Å². The van der Waals surface area contributed by atoms with Crippen LogP contribution in [0.5, 0.6) is 0 Å². The molecule has 0 bridgehead atoms. The van der Waals surface area contributed by atoms with Crippen molar-refractivity contribution in [3.05, 3.63) is 0 Å². The zero-order chi connectivity index (χ0) is 19.6. The third kappa shape index (κ3) is 6.37. The Kier molecular flexibility index (Phi) is 9.39. The zero-order valence-electron chi connectivity index (χ0n) is 18.0.